The van der Waals surface area contributed by atoms with Crippen LogP contribution in [0.15, 0.2) is 53.9 Å². The fourth-order valence-electron chi connectivity index (χ4n) is 2.60. The van der Waals surface area contributed by atoms with Gasteiger partial charge in [0.25, 0.3) is 0 Å². The first-order valence-electron chi connectivity index (χ1n) is 8.38. The van der Waals surface area contributed by atoms with Gasteiger partial charge in [-0.25, -0.2) is 0 Å². The number of hydrogen-bond donors (Lipinski definition) is 2. The molecule has 0 aliphatic rings. The van der Waals surface area contributed by atoms with Gasteiger partial charge in [0.05, 0.1) is 12.6 Å². The molecular formula is C20H20N2O3S. The third-order valence-electron chi connectivity index (χ3n) is 3.96. The Morgan fingerprint density at radius 3 is 2.58 bits per heavy atom. The van der Waals surface area contributed by atoms with Gasteiger partial charge in [-0.3, -0.25) is 9.59 Å². The molecule has 0 spiro atoms. The summed E-state index contributed by atoms with van der Waals surface area (Å²) in [5.41, 5.74) is 1.50. The molecule has 0 aliphatic heterocycles. The fourth-order valence-corrected chi connectivity index (χ4v) is 3.37. The number of carbonyl (C=O) groups is 2. The summed E-state index contributed by atoms with van der Waals surface area (Å²) in [6, 6.07) is 14.7. The van der Waals surface area contributed by atoms with Crippen LogP contribution in [0.25, 0.3) is 10.1 Å². The molecule has 1 heterocycles. The van der Waals surface area contributed by atoms with Crippen molar-refractivity contribution in [3.63, 3.8) is 0 Å². The van der Waals surface area contributed by atoms with Crippen molar-refractivity contribution in [3.05, 3.63) is 59.5 Å². The molecule has 26 heavy (non-hydrogen) atoms. The van der Waals surface area contributed by atoms with Gasteiger partial charge in [0.15, 0.2) is 0 Å². The van der Waals surface area contributed by atoms with Gasteiger partial charge in [-0.05, 0) is 66.6 Å². The standard InChI is InChI=1S/C20H20N2O3S/c1-3-25-17-7-4-14(5-8-17)13(2)21-19(23)20(24)22-16-6-9-18-15(12-16)10-11-26-18/h4-13H,3H2,1-2H3,(H,21,23)(H,22,24)/t13-/m0/s1. The van der Waals surface area contributed by atoms with Crippen molar-refractivity contribution in [2.45, 2.75) is 19.9 Å². The number of thiophene rings is 1. The number of amides is 2. The second kappa shape index (κ2) is 8.01. The summed E-state index contributed by atoms with van der Waals surface area (Å²) in [6.45, 7) is 4.35. The third-order valence-corrected chi connectivity index (χ3v) is 4.85. The minimum atomic E-state index is -0.683. The monoisotopic (exact) mass is 368 g/mol. The number of carbonyl (C=O) groups excluding carboxylic acids is 2. The van der Waals surface area contributed by atoms with Gasteiger partial charge in [0, 0.05) is 10.4 Å². The van der Waals surface area contributed by atoms with Crippen molar-refractivity contribution >= 4 is 38.9 Å². The Morgan fingerprint density at radius 2 is 1.85 bits per heavy atom. The normalized spacial score (nSPS) is 11.8. The van der Waals surface area contributed by atoms with Crippen molar-refractivity contribution < 1.29 is 14.3 Å². The van der Waals surface area contributed by atoms with Crippen LogP contribution >= 0.6 is 11.3 Å². The van der Waals surface area contributed by atoms with Gasteiger partial charge >= 0.3 is 11.8 Å². The van der Waals surface area contributed by atoms with E-state index in [1.54, 1.807) is 17.4 Å². The lowest BCUT2D eigenvalue weighted by molar-refractivity contribution is -0.136. The van der Waals surface area contributed by atoms with E-state index in [4.69, 9.17) is 4.74 Å². The van der Waals surface area contributed by atoms with E-state index in [-0.39, 0.29) is 6.04 Å². The number of benzene rings is 2. The molecule has 0 fully saturated rings. The second-order valence-electron chi connectivity index (χ2n) is 5.82. The number of anilines is 1. The highest BCUT2D eigenvalue weighted by Gasteiger charge is 2.17. The Bertz CT molecular complexity index is 918. The predicted molar refractivity (Wildman–Crippen MR) is 105 cm³/mol. The molecule has 0 saturated carbocycles. The first kappa shape index (κ1) is 17.9. The Balaban J connectivity index is 1.60. The van der Waals surface area contributed by atoms with E-state index >= 15 is 0 Å². The minimum Gasteiger partial charge on any atom is -0.494 e. The zero-order valence-electron chi connectivity index (χ0n) is 14.6. The number of fused-ring (bicyclic) bond motifs is 1. The lowest BCUT2D eigenvalue weighted by atomic mass is 10.1. The maximum Gasteiger partial charge on any atom is 0.313 e. The molecule has 3 aromatic rings. The zero-order valence-corrected chi connectivity index (χ0v) is 15.4. The summed E-state index contributed by atoms with van der Waals surface area (Å²) in [5.74, 6) is -0.578. The van der Waals surface area contributed by atoms with Crippen LogP contribution in [0.4, 0.5) is 5.69 Å². The summed E-state index contributed by atoms with van der Waals surface area (Å²) in [5, 5.41) is 8.38. The minimum absolute atomic E-state index is 0.289. The highest BCUT2D eigenvalue weighted by Crippen LogP contribution is 2.24. The average molecular weight is 368 g/mol. The van der Waals surface area contributed by atoms with Crippen LogP contribution in [0.2, 0.25) is 0 Å². The molecule has 0 bridgehead atoms. The van der Waals surface area contributed by atoms with E-state index in [1.165, 1.54) is 0 Å². The van der Waals surface area contributed by atoms with Crippen LogP contribution in [0.3, 0.4) is 0 Å². The molecule has 1 aromatic heterocycles. The molecule has 5 nitrogen and oxygen atoms in total. The maximum absolute atomic E-state index is 12.2. The number of rotatable bonds is 5. The molecule has 0 aliphatic carbocycles. The molecule has 2 N–H and O–H groups in total. The highest BCUT2D eigenvalue weighted by molar-refractivity contribution is 7.17. The predicted octanol–water partition coefficient (Wildman–Crippen LogP) is 4.12. The Morgan fingerprint density at radius 1 is 1.08 bits per heavy atom. The summed E-state index contributed by atoms with van der Waals surface area (Å²) < 4.78 is 6.54. The number of hydrogen-bond acceptors (Lipinski definition) is 4. The van der Waals surface area contributed by atoms with Crippen LogP contribution < -0.4 is 15.4 Å². The first-order chi connectivity index (χ1) is 12.6. The van der Waals surface area contributed by atoms with Gasteiger partial charge in [-0.2, -0.15) is 0 Å². The van der Waals surface area contributed by atoms with E-state index in [1.807, 2.05) is 61.7 Å². The number of nitrogens with one attached hydrogen (secondary N) is 2. The molecule has 2 amide bonds. The van der Waals surface area contributed by atoms with E-state index in [0.717, 1.165) is 21.4 Å². The van der Waals surface area contributed by atoms with E-state index in [0.29, 0.717) is 12.3 Å². The van der Waals surface area contributed by atoms with E-state index in [9.17, 15) is 9.59 Å². The van der Waals surface area contributed by atoms with Gasteiger partial charge in [0.2, 0.25) is 0 Å². The average Bonchev–Trinajstić information content (AvgIpc) is 3.10. The van der Waals surface area contributed by atoms with Gasteiger partial charge in [-0.15, -0.1) is 11.3 Å². The number of ether oxygens (including phenoxy) is 1. The molecule has 2 aromatic carbocycles. The van der Waals surface area contributed by atoms with Crippen molar-refractivity contribution in [2.24, 2.45) is 0 Å². The van der Waals surface area contributed by atoms with E-state index < -0.39 is 11.8 Å². The summed E-state index contributed by atoms with van der Waals surface area (Å²) in [4.78, 5) is 24.3. The van der Waals surface area contributed by atoms with Crippen LogP contribution in [-0.4, -0.2) is 18.4 Å². The largest absolute Gasteiger partial charge is 0.494 e. The molecule has 3 rings (SSSR count). The summed E-state index contributed by atoms with van der Waals surface area (Å²) >= 11 is 1.63. The Hall–Kier alpha value is -2.86. The van der Waals surface area contributed by atoms with Crippen molar-refractivity contribution in [3.8, 4) is 5.75 Å². The Kier molecular flexibility index (Phi) is 5.53. The van der Waals surface area contributed by atoms with Gasteiger partial charge in [-0.1, -0.05) is 12.1 Å². The van der Waals surface area contributed by atoms with Gasteiger partial charge < -0.3 is 15.4 Å². The van der Waals surface area contributed by atoms with Gasteiger partial charge in [0.1, 0.15) is 5.75 Å². The topological polar surface area (TPSA) is 67.4 Å². The Labute approximate surface area is 156 Å². The van der Waals surface area contributed by atoms with Crippen molar-refractivity contribution in [2.75, 3.05) is 11.9 Å². The van der Waals surface area contributed by atoms with Crippen molar-refractivity contribution in [1.82, 2.24) is 5.32 Å². The van der Waals surface area contributed by atoms with Crippen LogP contribution in [0, 0.1) is 0 Å². The molecule has 1 atom stereocenters. The maximum atomic E-state index is 12.2. The molecule has 6 heteroatoms. The summed E-state index contributed by atoms with van der Waals surface area (Å²) in [7, 11) is 0. The van der Waals surface area contributed by atoms with Crippen LogP contribution in [0.5, 0.6) is 5.75 Å². The zero-order chi connectivity index (χ0) is 18.5. The lowest BCUT2D eigenvalue weighted by Gasteiger charge is -2.15. The smallest absolute Gasteiger partial charge is 0.313 e. The van der Waals surface area contributed by atoms with Crippen molar-refractivity contribution in [1.29, 1.82) is 0 Å². The summed E-state index contributed by atoms with van der Waals surface area (Å²) in [6.07, 6.45) is 0. The molecular weight excluding hydrogens is 348 g/mol. The first-order valence-corrected chi connectivity index (χ1v) is 9.26. The lowest BCUT2D eigenvalue weighted by Crippen LogP contribution is -2.36. The highest BCUT2D eigenvalue weighted by atomic mass is 32.1. The molecule has 0 saturated heterocycles. The SMILES string of the molecule is CCOc1ccc([C@H](C)NC(=O)C(=O)Nc2ccc3sccc3c2)cc1. The third kappa shape index (κ3) is 4.21. The molecule has 0 unspecified atom stereocenters. The van der Waals surface area contributed by atoms with Crippen LogP contribution in [0.1, 0.15) is 25.5 Å². The van der Waals surface area contributed by atoms with E-state index in [2.05, 4.69) is 10.6 Å². The molecule has 134 valence electrons. The second-order valence-corrected chi connectivity index (χ2v) is 6.77. The molecule has 0 radical (unpaired) electrons. The fraction of sp³-hybridized carbons (Fsp3) is 0.200. The quantitative estimate of drug-likeness (QED) is 0.666. The van der Waals surface area contributed by atoms with Crippen LogP contribution in [-0.2, 0) is 9.59 Å².